The van der Waals surface area contributed by atoms with E-state index in [1.54, 1.807) is 11.8 Å². The molecular formula is C15H25F3N2O3. The molecule has 1 aliphatic heterocycles. The number of amides is 2. The summed E-state index contributed by atoms with van der Waals surface area (Å²) in [6, 6.07) is -0.680. The number of carbonyl (C=O) groups excluding carboxylic acids is 1. The minimum Gasteiger partial charge on any atom is -0.393 e. The molecule has 8 heteroatoms. The summed E-state index contributed by atoms with van der Waals surface area (Å²) in [5.74, 6) is -1.25. The fraction of sp³-hybridized carbons (Fsp3) is 0.933. The average Bonchev–Trinajstić information content (AvgIpc) is 2.46. The van der Waals surface area contributed by atoms with Crippen LogP contribution in [0.4, 0.5) is 18.0 Å². The SMILES string of the molecule is C[C@H](O)C[C@H]1COCCN1C(=O)NC1CCC(C(F)(F)F)CC1. The lowest BCUT2D eigenvalue weighted by atomic mass is 9.85. The number of halogens is 3. The first-order chi connectivity index (χ1) is 10.8. The number of hydrogen-bond acceptors (Lipinski definition) is 3. The highest BCUT2D eigenvalue weighted by Gasteiger charge is 2.42. The van der Waals surface area contributed by atoms with Crippen molar-refractivity contribution in [2.45, 2.75) is 63.4 Å². The van der Waals surface area contributed by atoms with E-state index in [2.05, 4.69) is 5.32 Å². The first kappa shape index (κ1) is 18.3. The van der Waals surface area contributed by atoms with Crippen molar-refractivity contribution >= 4 is 6.03 Å². The maximum absolute atomic E-state index is 12.7. The van der Waals surface area contributed by atoms with E-state index >= 15 is 0 Å². The van der Waals surface area contributed by atoms with Gasteiger partial charge in [-0.1, -0.05) is 0 Å². The number of alkyl halides is 3. The zero-order valence-corrected chi connectivity index (χ0v) is 13.3. The molecule has 1 heterocycles. The minimum atomic E-state index is -4.14. The first-order valence-corrected chi connectivity index (χ1v) is 8.17. The second-order valence-electron chi connectivity index (χ2n) is 6.55. The third-order valence-electron chi connectivity index (χ3n) is 4.62. The maximum atomic E-state index is 12.7. The van der Waals surface area contributed by atoms with Gasteiger partial charge in [-0.15, -0.1) is 0 Å². The molecule has 1 aliphatic carbocycles. The van der Waals surface area contributed by atoms with Gasteiger partial charge in [-0.2, -0.15) is 13.2 Å². The molecule has 0 aromatic rings. The van der Waals surface area contributed by atoms with Crippen molar-refractivity contribution in [3.63, 3.8) is 0 Å². The predicted octanol–water partition coefficient (Wildman–Crippen LogP) is 2.29. The number of ether oxygens (including phenoxy) is 1. The van der Waals surface area contributed by atoms with E-state index in [0.717, 1.165) is 0 Å². The Bertz CT molecular complexity index is 396. The number of rotatable bonds is 3. The van der Waals surface area contributed by atoms with Crippen LogP contribution in [-0.4, -0.2) is 60.2 Å². The van der Waals surface area contributed by atoms with Crippen molar-refractivity contribution in [3.8, 4) is 0 Å². The van der Waals surface area contributed by atoms with Gasteiger partial charge in [0, 0.05) is 12.6 Å². The summed E-state index contributed by atoms with van der Waals surface area (Å²) in [5, 5.41) is 12.4. The summed E-state index contributed by atoms with van der Waals surface area (Å²) in [6.07, 6.45) is -3.43. The fourth-order valence-corrected chi connectivity index (χ4v) is 3.33. The number of morpholine rings is 1. The standard InChI is InChI=1S/C15H25F3N2O3/c1-10(21)8-13-9-23-7-6-20(13)14(22)19-12-4-2-11(3-5-12)15(16,17)18/h10-13,21H,2-9H2,1H3,(H,19,22)/t10-,11?,12?,13-/m0/s1. The Morgan fingerprint density at radius 3 is 2.57 bits per heavy atom. The number of nitrogens with zero attached hydrogens (tertiary/aromatic N) is 1. The molecule has 134 valence electrons. The molecule has 2 N–H and O–H groups in total. The van der Waals surface area contributed by atoms with Crippen LogP contribution in [0.5, 0.6) is 0 Å². The molecule has 0 spiro atoms. The van der Waals surface area contributed by atoms with Gasteiger partial charge in [0.25, 0.3) is 0 Å². The van der Waals surface area contributed by atoms with E-state index < -0.39 is 18.2 Å². The smallest absolute Gasteiger partial charge is 0.391 e. The van der Waals surface area contributed by atoms with Crippen LogP contribution in [0.3, 0.4) is 0 Å². The highest BCUT2D eigenvalue weighted by molar-refractivity contribution is 5.75. The van der Waals surface area contributed by atoms with Crippen LogP contribution < -0.4 is 5.32 Å². The van der Waals surface area contributed by atoms with Crippen LogP contribution in [0.25, 0.3) is 0 Å². The maximum Gasteiger partial charge on any atom is 0.391 e. The van der Waals surface area contributed by atoms with Gasteiger partial charge in [0.15, 0.2) is 0 Å². The molecule has 1 saturated heterocycles. The van der Waals surface area contributed by atoms with Gasteiger partial charge >= 0.3 is 12.2 Å². The molecule has 2 rings (SSSR count). The van der Waals surface area contributed by atoms with E-state index in [0.29, 0.717) is 39.0 Å². The van der Waals surface area contributed by atoms with Gasteiger partial charge in [0.1, 0.15) is 0 Å². The van der Waals surface area contributed by atoms with Gasteiger partial charge < -0.3 is 20.1 Å². The van der Waals surface area contributed by atoms with Crippen molar-refractivity contribution in [1.82, 2.24) is 10.2 Å². The van der Waals surface area contributed by atoms with Crippen LogP contribution in [0, 0.1) is 5.92 Å². The van der Waals surface area contributed by atoms with Crippen molar-refractivity contribution in [2.24, 2.45) is 5.92 Å². The number of urea groups is 1. The van der Waals surface area contributed by atoms with E-state index in [1.165, 1.54) is 0 Å². The summed E-state index contributed by atoms with van der Waals surface area (Å²) >= 11 is 0. The van der Waals surface area contributed by atoms with Gasteiger partial charge in [-0.25, -0.2) is 4.79 Å². The molecule has 0 aromatic heterocycles. The summed E-state index contributed by atoms with van der Waals surface area (Å²) in [6.45, 7) is 2.90. The Kier molecular flexibility index (Phi) is 6.13. The zero-order valence-electron chi connectivity index (χ0n) is 13.3. The second kappa shape index (κ2) is 7.70. The van der Waals surface area contributed by atoms with Crippen molar-refractivity contribution < 1.29 is 27.8 Å². The Hall–Kier alpha value is -1.02. The van der Waals surface area contributed by atoms with Gasteiger partial charge in [-0.05, 0) is 39.0 Å². The number of aliphatic hydroxyl groups excluding tert-OH is 1. The first-order valence-electron chi connectivity index (χ1n) is 8.17. The minimum absolute atomic E-state index is 0.0641. The molecule has 1 saturated carbocycles. The van der Waals surface area contributed by atoms with Gasteiger partial charge in [0.05, 0.1) is 31.3 Å². The highest BCUT2D eigenvalue weighted by atomic mass is 19.4. The largest absolute Gasteiger partial charge is 0.393 e. The zero-order chi connectivity index (χ0) is 17.0. The Labute approximate surface area is 134 Å². The summed E-state index contributed by atoms with van der Waals surface area (Å²) < 4.78 is 43.3. The monoisotopic (exact) mass is 338 g/mol. The van der Waals surface area contributed by atoms with Crippen LogP contribution in [0.1, 0.15) is 39.0 Å². The van der Waals surface area contributed by atoms with Crippen LogP contribution >= 0.6 is 0 Å². The van der Waals surface area contributed by atoms with Crippen LogP contribution in [-0.2, 0) is 4.74 Å². The van der Waals surface area contributed by atoms with Gasteiger partial charge in [-0.3, -0.25) is 0 Å². The summed E-state index contributed by atoms with van der Waals surface area (Å²) in [4.78, 5) is 14.0. The highest BCUT2D eigenvalue weighted by Crippen LogP contribution is 2.37. The lowest BCUT2D eigenvalue weighted by Gasteiger charge is -2.38. The third-order valence-corrected chi connectivity index (χ3v) is 4.62. The summed E-state index contributed by atoms with van der Waals surface area (Å²) in [5.41, 5.74) is 0. The molecule has 5 nitrogen and oxygen atoms in total. The van der Waals surface area contributed by atoms with Gasteiger partial charge in [0.2, 0.25) is 0 Å². The second-order valence-corrected chi connectivity index (χ2v) is 6.55. The van der Waals surface area contributed by atoms with E-state index in [9.17, 15) is 23.1 Å². The average molecular weight is 338 g/mol. The number of nitrogens with one attached hydrogen (secondary N) is 1. The van der Waals surface area contributed by atoms with Crippen molar-refractivity contribution in [2.75, 3.05) is 19.8 Å². The molecule has 0 bridgehead atoms. The molecule has 2 aliphatic rings. The van der Waals surface area contributed by atoms with Crippen molar-refractivity contribution in [3.05, 3.63) is 0 Å². The fourth-order valence-electron chi connectivity index (χ4n) is 3.33. The van der Waals surface area contributed by atoms with Crippen LogP contribution in [0.2, 0.25) is 0 Å². The normalized spacial score (nSPS) is 30.8. The number of carbonyl (C=O) groups is 1. The van der Waals surface area contributed by atoms with Crippen LogP contribution in [0.15, 0.2) is 0 Å². The number of hydrogen-bond donors (Lipinski definition) is 2. The third kappa shape index (κ3) is 5.24. The van der Waals surface area contributed by atoms with E-state index in [-0.39, 0.29) is 31.0 Å². The lowest BCUT2D eigenvalue weighted by molar-refractivity contribution is -0.182. The Morgan fingerprint density at radius 2 is 2.00 bits per heavy atom. The van der Waals surface area contributed by atoms with E-state index in [1.807, 2.05) is 0 Å². The number of aliphatic hydroxyl groups is 1. The quantitative estimate of drug-likeness (QED) is 0.830. The topological polar surface area (TPSA) is 61.8 Å². The molecule has 2 atom stereocenters. The lowest BCUT2D eigenvalue weighted by Crippen LogP contribution is -2.55. The Balaban J connectivity index is 1.84. The predicted molar refractivity (Wildman–Crippen MR) is 77.9 cm³/mol. The van der Waals surface area contributed by atoms with E-state index in [4.69, 9.17) is 4.74 Å². The van der Waals surface area contributed by atoms with Crippen molar-refractivity contribution in [1.29, 1.82) is 0 Å². The molecular weight excluding hydrogens is 313 g/mol. The molecule has 2 fully saturated rings. The molecule has 0 radical (unpaired) electrons. The molecule has 0 aromatic carbocycles. The Morgan fingerprint density at radius 1 is 1.35 bits per heavy atom. The molecule has 2 amide bonds. The molecule has 23 heavy (non-hydrogen) atoms. The molecule has 0 unspecified atom stereocenters. The summed E-state index contributed by atoms with van der Waals surface area (Å²) in [7, 11) is 0.